The standard InChI is InChI=1S/C16H22ClNO2/c1-2-11-6-3-4-9-18(11)15-12-7-5-8-13(17)16(12)20-10-14(15)19/h5,7-8,11,14-15,19H,2-4,6,9-10H2,1H3. The van der Waals surface area contributed by atoms with E-state index in [1.54, 1.807) is 0 Å². The van der Waals surface area contributed by atoms with Gasteiger partial charge in [-0.1, -0.05) is 37.1 Å². The molecule has 3 unspecified atom stereocenters. The number of para-hydroxylation sites is 1. The molecule has 0 aliphatic carbocycles. The lowest BCUT2D eigenvalue weighted by Crippen LogP contribution is -2.48. The molecule has 0 spiro atoms. The summed E-state index contributed by atoms with van der Waals surface area (Å²) in [5, 5.41) is 11.1. The molecule has 20 heavy (non-hydrogen) atoms. The van der Waals surface area contributed by atoms with Crippen LogP contribution in [0.15, 0.2) is 18.2 Å². The van der Waals surface area contributed by atoms with Crippen LogP contribution < -0.4 is 4.74 Å². The van der Waals surface area contributed by atoms with Crippen molar-refractivity contribution in [3.05, 3.63) is 28.8 Å². The highest BCUT2D eigenvalue weighted by molar-refractivity contribution is 6.32. The first-order valence-corrected chi connectivity index (χ1v) is 7.95. The number of ether oxygens (including phenoxy) is 1. The van der Waals surface area contributed by atoms with Gasteiger partial charge in [-0.25, -0.2) is 0 Å². The third kappa shape index (κ3) is 2.43. The first-order valence-electron chi connectivity index (χ1n) is 7.57. The summed E-state index contributed by atoms with van der Waals surface area (Å²) in [7, 11) is 0. The maximum atomic E-state index is 10.5. The zero-order valence-corrected chi connectivity index (χ0v) is 12.6. The van der Waals surface area contributed by atoms with Gasteiger partial charge in [-0.3, -0.25) is 4.90 Å². The van der Waals surface area contributed by atoms with Gasteiger partial charge in [0, 0.05) is 11.6 Å². The van der Waals surface area contributed by atoms with E-state index in [1.807, 2.05) is 18.2 Å². The molecule has 3 nitrogen and oxygen atoms in total. The van der Waals surface area contributed by atoms with Gasteiger partial charge in [0.25, 0.3) is 0 Å². The maximum absolute atomic E-state index is 10.5. The molecule has 2 aliphatic heterocycles. The van der Waals surface area contributed by atoms with Gasteiger partial charge in [-0.2, -0.15) is 0 Å². The smallest absolute Gasteiger partial charge is 0.142 e. The molecule has 3 rings (SSSR count). The molecule has 2 heterocycles. The zero-order valence-electron chi connectivity index (χ0n) is 11.9. The van der Waals surface area contributed by atoms with E-state index < -0.39 is 6.10 Å². The van der Waals surface area contributed by atoms with Crippen LogP contribution in [0.3, 0.4) is 0 Å². The molecule has 1 saturated heterocycles. The van der Waals surface area contributed by atoms with E-state index in [2.05, 4.69) is 11.8 Å². The fourth-order valence-electron chi connectivity index (χ4n) is 3.61. The van der Waals surface area contributed by atoms with Crippen molar-refractivity contribution in [1.29, 1.82) is 0 Å². The lowest BCUT2D eigenvalue weighted by molar-refractivity contribution is -0.0290. The highest BCUT2D eigenvalue weighted by atomic mass is 35.5. The summed E-state index contributed by atoms with van der Waals surface area (Å²) in [6.07, 6.45) is 4.36. The van der Waals surface area contributed by atoms with Crippen LogP contribution in [0.1, 0.15) is 44.2 Å². The van der Waals surface area contributed by atoms with Crippen LogP contribution in [-0.2, 0) is 0 Å². The van der Waals surface area contributed by atoms with Crippen LogP contribution in [0.4, 0.5) is 0 Å². The molecule has 2 aliphatic rings. The molecule has 1 N–H and O–H groups in total. The molecule has 0 radical (unpaired) electrons. The van der Waals surface area contributed by atoms with Crippen LogP contribution in [0.25, 0.3) is 0 Å². The van der Waals surface area contributed by atoms with Crippen LogP contribution in [-0.4, -0.2) is 35.3 Å². The molecule has 3 atom stereocenters. The summed E-state index contributed by atoms with van der Waals surface area (Å²) in [5.74, 6) is 0.755. The molecule has 1 fully saturated rings. The Balaban J connectivity index is 1.98. The van der Waals surface area contributed by atoms with E-state index in [4.69, 9.17) is 16.3 Å². The Kier molecular flexibility index (Phi) is 4.20. The van der Waals surface area contributed by atoms with Gasteiger partial charge in [0.15, 0.2) is 0 Å². The normalized spacial score (nSPS) is 30.6. The van der Waals surface area contributed by atoms with E-state index in [0.717, 1.165) is 24.3 Å². The second-order valence-electron chi connectivity index (χ2n) is 5.78. The fourth-order valence-corrected chi connectivity index (χ4v) is 3.84. The van der Waals surface area contributed by atoms with E-state index in [1.165, 1.54) is 19.3 Å². The van der Waals surface area contributed by atoms with Crippen molar-refractivity contribution in [2.75, 3.05) is 13.2 Å². The van der Waals surface area contributed by atoms with Crippen molar-refractivity contribution in [1.82, 2.24) is 4.90 Å². The number of halogens is 1. The average Bonchev–Trinajstić information content (AvgIpc) is 2.47. The molecule has 0 saturated carbocycles. The Hall–Kier alpha value is -0.770. The van der Waals surface area contributed by atoms with Gasteiger partial charge in [-0.15, -0.1) is 0 Å². The third-order valence-corrected chi connectivity index (χ3v) is 4.88. The minimum Gasteiger partial charge on any atom is -0.489 e. The molecule has 0 aromatic heterocycles. The number of hydrogen-bond donors (Lipinski definition) is 1. The van der Waals surface area contributed by atoms with E-state index >= 15 is 0 Å². The topological polar surface area (TPSA) is 32.7 Å². The number of nitrogens with zero attached hydrogens (tertiary/aromatic N) is 1. The number of aliphatic hydroxyl groups excluding tert-OH is 1. The van der Waals surface area contributed by atoms with E-state index in [0.29, 0.717) is 17.7 Å². The summed E-state index contributed by atoms with van der Waals surface area (Å²) in [5.41, 5.74) is 1.04. The summed E-state index contributed by atoms with van der Waals surface area (Å²) < 4.78 is 5.65. The van der Waals surface area contributed by atoms with E-state index in [-0.39, 0.29) is 6.04 Å². The van der Waals surface area contributed by atoms with Crippen molar-refractivity contribution >= 4 is 11.6 Å². The molecule has 0 amide bonds. The van der Waals surface area contributed by atoms with Gasteiger partial charge in [0.05, 0.1) is 11.1 Å². The number of fused-ring (bicyclic) bond motifs is 1. The quantitative estimate of drug-likeness (QED) is 0.908. The van der Waals surface area contributed by atoms with E-state index in [9.17, 15) is 5.11 Å². The summed E-state index contributed by atoms with van der Waals surface area (Å²) >= 11 is 6.24. The number of piperidine rings is 1. The number of rotatable bonds is 2. The minimum atomic E-state index is -0.479. The van der Waals surface area contributed by atoms with Crippen LogP contribution in [0.5, 0.6) is 5.75 Å². The molecular weight excluding hydrogens is 274 g/mol. The lowest BCUT2D eigenvalue weighted by atomic mass is 9.90. The van der Waals surface area contributed by atoms with Crippen LogP contribution >= 0.6 is 11.6 Å². The lowest BCUT2D eigenvalue weighted by Gasteiger charge is -2.45. The van der Waals surface area contributed by atoms with Crippen LogP contribution in [0, 0.1) is 0 Å². The highest BCUT2D eigenvalue weighted by Gasteiger charge is 2.38. The SMILES string of the molecule is CCC1CCCCN1C1c2cccc(Cl)c2OCC1O. The van der Waals surface area contributed by atoms with Crippen molar-refractivity contribution < 1.29 is 9.84 Å². The molecule has 110 valence electrons. The molecule has 4 heteroatoms. The maximum Gasteiger partial charge on any atom is 0.142 e. The van der Waals surface area contributed by atoms with Crippen molar-refractivity contribution in [3.63, 3.8) is 0 Å². The summed E-state index contributed by atoms with van der Waals surface area (Å²) in [6, 6.07) is 6.40. The highest BCUT2D eigenvalue weighted by Crippen LogP contribution is 2.42. The molecular formula is C16H22ClNO2. The van der Waals surface area contributed by atoms with Gasteiger partial charge in [-0.05, 0) is 31.9 Å². The largest absolute Gasteiger partial charge is 0.489 e. The van der Waals surface area contributed by atoms with Gasteiger partial charge in [0.1, 0.15) is 18.5 Å². The third-order valence-electron chi connectivity index (χ3n) is 4.58. The Labute approximate surface area is 125 Å². The minimum absolute atomic E-state index is 0.0164. The Morgan fingerprint density at radius 2 is 2.25 bits per heavy atom. The van der Waals surface area contributed by atoms with Crippen molar-refractivity contribution in [2.45, 2.75) is 50.8 Å². The molecule has 0 bridgehead atoms. The first-order chi connectivity index (χ1) is 9.72. The fraction of sp³-hybridized carbons (Fsp3) is 0.625. The second-order valence-corrected chi connectivity index (χ2v) is 6.18. The molecule has 1 aromatic carbocycles. The Morgan fingerprint density at radius 3 is 3.05 bits per heavy atom. The van der Waals surface area contributed by atoms with Crippen molar-refractivity contribution in [3.8, 4) is 5.75 Å². The first kappa shape index (κ1) is 14.2. The Bertz CT molecular complexity index is 480. The Morgan fingerprint density at radius 1 is 1.40 bits per heavy atom. The number of likely N-dealkylation sites (tertiary alicyclic amines) is 1. The van der Waals surface area contributed by atoms with Gasteiger partial charge in [0.2, 0.25) is 0 Å². The monoisotopic (exact) mass is 295 g/mol. The second kappa shape index (κ2) is 5.92. The average molecular weight is 296 g/mol. The van der Waals surface area contributed by atoms with Gasteiger partial charge >= 0.3 is 0 Å². The number of hydrogen-bond acceptors (Lipinski definition) is 3. The summed E-state index contributed by atoms with van der Waals surface area (Å²) in [6.45, 7) is 3.61. The van der Waals surface area contributed by atoms with Crippen molar-refractivity contribution in [2.24, 2.45) is 0 Å². The predicted octanol–water partition coefficient (Wildman–Crippen LogP) is 3.40. The predicted molar refractivity (Wildman–Crippen MR) is 80.3 cm³/mol. The van der Waals surface area contributed by atoms with Crippen LogP contribution in [0.2, 0.25) is 5.02 Å². The molecule has 1 aromatic rings. The summed E-state index contributed by atoms with van der Waals surface area (Å²) in [4.78, 5) is 2.46. The zero-order chi connectivity index (χ0) is 14.1. The number of aliphatic hydroxyl groups is 1. The number of benzene rings is 1. The van der Waals surface area contributed by atoms with Gasteiger partial charge < -0.3 is 9.84 Å².